The van der Waals surface area contributed by atoms with E-state index in [1.165, 1.54) is 37.4 Å². The van der Waals surface area contributed by atoms with Gasteiger partial charge in [-0.15, -0.1) is 0 Å². The van der Waals surface area contributed by atoms with Crippen molar-refractivity contribution in [3.05, 3.63) is 52.3 Å². The molecule has 0 bridgehead atoms. The van der Waals surface area contributed by atoms with E-state index in [0.29, 0.717) is 0 Å². The second-order valence-corrected chi connectivity index (χ2v) is 5.95. The lowest BCUT2D eigenvalue weighted by Crippen LogP contribution is -2.37. The normalized spacial score (nSPS) is 10.5. The van der Waals surface area contributed by atoms with Gasteiger partial charge in [0.25, 0.3) is 5.69 Å². The van der Waals surface area contributed by atoms with E-state index in [1.807, 2.05) is 13.8 Å². The molecule has 9 heteroatoms. The minimum absolute atomic E-state index is 0.00491. The number of amides is 2. The molecule has 2 N–H and O–H groups in total. The van der Waals surface area contributed by atoms with Crippen LogP contribution in [0, 0.1) is 15.9 Å². The summed E-state index contributed by atoms with van der Waals surface area (Å²) in [5.74, 6) is -0.176. The number of hydrogen-bond acceptors (Lipinski definition) is 5. The molecular weight excluding hydrogens is 369 g/mol. The van der Waals surface area contributed by atoms with E-state index in [4.69, 9.17) is 9.47 Å². The summed E-state index contributed by atoms with van der Waals surface area (Å²) in [6.07, 6.45) is 1.52. The van der Waals surface area contributed by atoms with E-state index < -0.39 is 16.8 Å². The van der Waals surface area contributed by atoms with Crippen molar-refractivity contribution < 1.29 is 23.6 Å². The molecule has 150 valence electrons. The van der Waals surface area contributed by atoms with Crippen molar-refractivity contribution in [1.29, 1.82) is 0 Å². The smallest absolute Gasteiger partial charge is 0.319 e. The summed E-state index contributed by atoms with van der Waals surface area (Å²) in [7, 11) is 1.38. The number of ether oxygens (including phenoxy) is 2. The van der Waals surface area contributed by atoms with Gasteiger partial charge in [-0.05, 0) is 25.0 Å². The Morgan fingerprint density at radius 3 is 2.36 bits per heavy atom. The molecule has 2 aromatic rings. The van der Waals surface area contributed by atoms with Gasteiger partial charge in [-0.1, -0.05) is 13.8 Å². The molecular formula is C19H22FN3O5. The fourth-order valence-electron chi connectivity index (χ4n) is 2.47. The molecule has 0 heterocycles. The molecule has 0 aliphatic heterocycles. The molecule has 0 unspecified atom stereocenters. The molecule has 2 rings (SSSR count). The number of carbonyl (C=O) groups excluding carboxylic acids is 1. The van der Waals surface area contributed by atoms with Crippen molar-refractivity contribution in [3.8, 4) is 17.2 Å². The Morgan fingerprint density at radius 1 is 1.18 bits per heavy atom. The first-order valence-corrected chi connectivity index (χ1v) is 8.75. The Kier molecular flexibility index (Phi) is 7.14. The predicted molar refractivity (Wildman–Crippen MR) is 103 cm³/mol. The Morgan fingerprint density at radius 2 is 1.82 bits per heavy atom. The molecule has 0 radical (unpaired) electrons. The highest BCUT2D eigenvalue weighted by atomic mass is 19.1. The van der Waals surface area contributed by atoms with Gasteiger partial charge in [0, 0.05) is 30.3 Å². The molecule has 0 spiro atoms. The average Bonchev–Trinajstić information content (AvgIpc) is 2.68. The Labute approximate surface area is 161 Å². The highest BCUT2D eigenvalue weighted by Crippen LogP contribution is 2.36. The number of nitrogens with one attached hydrogen (secondary N) is 2. The van der Waals surface area contributed by atoms with Crippen molar-refractivity contribution >= 4 is 17.4 Å². The van der Waals surface area contributed by atoms with E-state index >= 15 is 0 Å². The van der Waals surface area contributed by atoms with Gasteiger partial charge < -0.3 is 20.1 Å². The van der Waals surface area contributed by atoms with E-state index in [-0.39, 0.29) is 34.7 Å². The molecule has 0 saturated heterocycles. The largest absolute Gasteiger partial charge is 0.493 e. The van der Waals surface area contributed by atoms with Crippen LogP contribution in [0.2, 0.25) is 0 Å². The zero-order valence-corrected chi connectivity index (χ0v) is 15.8. The summed E-state index contributed by atoms with van der Waals surface area (Å²) in [6, 6.07) is 7.20. The quantitative estimate of drug-likeness (QED) is 0.495. The number of methoxy groups -OCH3 is 1. The summed E-state index contributed by atoms with van der Waals surface area (Å²) in [5, 5.41) is 15.9. The minimum Gasteiger partial charge on any atom is -0.493 e. The van der Waals surface area contributed by atoms with Gasteiger partial charge in [0.05, 0.1) is 17.7 Å². The van der Waals surface area contributed by atoms with Crippen LogP contribution in [0.1, 0.15) is 26.7 Å². The van der Waals surface area contributed by atoms with Gasteiger partial charge in [-0.2, -0.15) is 0 Å². The van der Waals surface area contributed by atoms with Crippen molar-refractivity contribution in [3.63, 3.8) is 0 Å². The molecule has 0 aromatic heterocycles. The molecule has 2 amide bonds. The Balaban J connectivity index is 2.18. The van der Waals surface area contributed by atoms with Crippen LogP contribution in [0.4, 0.5) is 20.6 Å². The van der Waals surface area contributed by atoms with E-state index in [9.17, 15) is 19.3 Å². The SMILES string of the molecule is CCC(CC)NC(=O)Nc1cc(OC)c(Oc2ccc([N+](=O)[O-])cc2)cc1F. The van der Waals surface area contributed by atoms with E-state index in [0.717, 1.165) is 18.9 Å². The Hall–Kier alpha value is -3.36. The van der Waals surface area contributed by atoms with Crippen LogP contribution in [0.3, 0.4) is 0 Å². The van der Waals surface area contributed by atoms with Crippen molar-refractivity contribution in [2.75, 3.05) is 12.4 Å². The number of nitro groups is 1. The maximum absolute atomic E-state index is 14.4. The van der Waals surface area contributed by atoms with Crippen LogP contribution in [-0.4, -0.2) is 24.1 Å². The zero-order chi connectivity index (χ0) is 20.7. The van der Waals surface area contributed by atoms with Crippen LogP contribution < -0.4 is 20.1 Å². The third-order valence-electron chi connectivity index (χ3n) is 4.10. The van der Waals surface area contributed by atoms with Crippen LogP contribution in [0.5, 0.6) is 17.2 Å². The number of non-ortho nitro benzene ring substituents is 1. The number of anilines is 1. The third kappa shape index (κ3) is 5.32. The first kappa shape index (κ1) is 20.9. The molecule has 2 aromatic carbocycles. The Bertz CT molecular complexity index is 838. The molecule has 0 aliphatic rings. The van der Waals surface area contributed by atoms with Gasteiger partial charge >= 0.3 is 6.03 Å². The summed E-state index contributed by atoms with van der Waals surface area (Å²) < 4.78 is 25.2. The lowest BCUT2D eigenvalue weighted by atomic mass is 10.2. The molecule has 0 fully saturated rings. The highest BCUT2D eigenvalue weighted by Gasteiger charge is 2.16. The fraction of sp³-hybridized carbons (Fsp3) is 0.316. The van der Waals surface area contributed by atoms with Crippen LogP contribution in [0.25, 0.3) is 0 Å². The number of rotatable bonds is 8. The van der Waals surface area contributed by atoms with Crippen molar-refractivity contribution in [1.82, 2.24) is 5.32 Å². The number of halogens is 1. The highest BCUT2D eigenvalue weighted by molar-refractivity contribution is 5.90. The summed E-state index contributed by atoms with van der Waals surface area (Å²) in [5.41, 5.74) is -0.148. The standard InChI is InChI=1S/C19H22FN3O5/c1-4-12(5-2)21-19(24)22-16-11-17(27-3)18(10-15(16)20)28-14-8-6-13(7-9-14)23(25)26/h6-12H,4-5H2,1-3H3,(H2,21,22,24). The first-order chi connectivity index (χ1) is 13.4. The lowest BCUT2D eigenvalue weighted by molar-refractivity contribution is -0.384. The second kappa shape index (κ2) is 9.54. The van der Waals surface area contributed by atoms with Gasteiger partial charge in [-0.25, -0.2) is 9.18 Å². The molecule has 0 atom stereocenters. The molecule has 0 aliphatic carbocycles. The average molecular weight is 391 g/mol. The number of benzene rings is 2. The minimum atomic E-state index is -0.711. The van der Waals surface area contributed by atoms with Crippen LogP contribution in [0.15, 0.2) is 36.4 Å². The summed E-state index contributed by atoms with van der Waals surface area (Å²) >= 11 is 0. The number of urea groups is 1. The monoisotopic (exact) mass is 391 g/mol. The van der Waals surface area contributed by atoms with Crippen LogP contribution in [-0.2, 0) is 0 Å². The number of carbonyl (C=O) groups is 1. The first-order valence-electron chi connectivity index (χ1n) is 8.75. The molecule has 0 saturated carbocycles. The number of nitrogens with zero attached hydrogens (tertiary/aromatic N) is 1. The zero-order valence-electron chi connectivity index (χ0n) is 15.8. The second-order valence-electron chi connectivity index (χ2n) is 5.95. The topological polar surface area (TPSA) is 103 Å². The lowest BCUT2D eigenvalue weighted by Gasteiger charge is -2.17. The number of hydrogen-bond donors (Lipinski definition) is 2. The number of nitro benzene ring substituents is 1. The summed E-state index contributed by atoms with van der Waals surface area (Å²) in [4.78, 5) is 22.2. The molecule has 28 heavy (non-hydrogen) atoms. The van der Waals surface area contributed by atoms with Gasteiger partial charge in [0.15, 0.2) is 17.3 Å². The summed E-state index contributed by atoms with van der Waals surface area (Å²) in [6.45, 7) is 3.89. The third-order valence-corrected chi connectivity index (χ3v) is 4.10. The van der Waals surface area contributed by atoms with E-state index in [2.05, 4.69) is 10.6 Å². The fourth-order valence-corrected chi connectivity index (χ4v) is 2.47. The predicted octanol–water partition coefficient (Wildman–Crippen LogP) is 4.84. The van der Waals surface area contributed by atoms with Crippen molar-refractivity contribution in [2.24, 2.45) is 0 Å². The van der Waals surface area contributed by atoms with Crippen LogP contribution >= 0.6 is 0 Å². The molecule has 8 nitrogen and oxygen atoms in total. The van der Waals surface area contributed by atoms with Gasteiger partial charge in [-0.3, -0.25) is 10.1 Å². The van der Waals surface area contributed by atoms with Gasteiger partial charge in [0.2, 0.25) is 0 Å². The maximum Gasteiger partial charge on any atom is 0.319 e. The van der Waals surface area contributed by atoms with Gasteiger partial charge in [0.1, 0.15) is 5.75 Å². The maximum atomic E-state index is 14.4. The van der Waals surface area contributed by atoms with E-state index in [1.54, 1.807) is 0 Å². The van der Waals surface area contributed by atoms with Crippen molar-refractivity contribution in [2.45, 2.75) is 32.7 Å².